The standard InChI is InChI=1S/C9H7F6NO/c10-8(11,12)5-1-2-6(17)4(3-16)7(5)9(13,14)15/h1-2,17H,3,16H2. The molecule has 0 saturated heterocycles. The average molecular weight is 259 g/mol. The first-order valence-electron chi connectivity index (χ1n) is 4.28. The van der Waals surface area contributed by atoms with E-state index in [0.717, 1.165) is 0 Å². The summed E-state index contributed by atoms with van der Waals surface area (Å²) in [6.45, 7) is -0.843. The van der Waals surface area contributed by atoms with E-state index in [1.54, 1.807) is 0 Å². The molecule has 0 aliphatic rings. The predicted molar refractivity (Wildman–Crippen MR) is 46.0 cm³/mol. The molecule has 0 spiro atoms. The highest BCUT2D eigenvalue weighted by Crippen LogP contribution is 2.44. The molecule has 96 valence electrons. The van der Waals surface area contributed by atoms with Gasteiger partial charge in [-0.15, -0.1) is 0 Å². The van der Waals surface area contributed by atoms with Crippen LogP contribution in [0.5, 0.6) is 5.75 Å². The van der Waals surface area contributed by atoms with E-state index in [1.807, 2.05) is 0 Å². The maximum Gasteiger partial charge on any atom is 0.417 e. The number of halogens is 6. The van der Waals surface area contributed by atoms with E-state index in [2.05, 4.69) is 0 Å². The van der Waals surface area contributed by atoms with Crippen molar-refractivity contribution < 1.29 is 31.4 Å². The molecule has 0 aromatic heterocycles. The lowest BCUT2D eigenvalue weighted by molar-refractivity contribution is -0.162. The first kappa shape index (κ1) is 13.6. The monoisotopic (exact) mass is 259 g/mol. The maximum absolute atomic E-state index is 12.5. The molecule has 0 aliphatic heterocycles. The zero-order valence-corrected chi connectivity index (χ0v) is 8.15. The summed E-state index contributed by atoms with van der Waals surface area (Å²) in [5.74, 6) is -0.909. The molecule has 0 amide bonds. The van der Waals surface area contributed by atoms with Crippen molar-refractivity contribution in [2.45, 2.75) is 18.9 Å². The average Bonchev–Trinajstić information content (AvgIpc) is 2.13. The summed E-state index contributed by atoms with van der Waals surface area (Å²) in [6, 6.07) is 0.720. The van der Waals surface area contributed by atoms with Crippen molar-refractivity contribution in [1.82, 2.24) is 0 Å². The van der Waals surface area contributed by atoms with Crippen LogP contribution >= 0.6 is 0 Å². The Labute approximate surface area is 91.7 Å². The molecule has 0 saturated carbocycles. The topological polar surface area (TPSA) is 46.2 Å². The SMILES string of the molecule is NCc1c(O)ccc(C(F)(F)F)c1C(F)(F)F. The molecule has 0 fully saturated rings. The molecular formula is C9H7F6NO. The molecule has 8 heteroatoms. The number of alkyl halides is 6. The smallest absolute Gasteiger partial charge is 0.417 e. The Morgan fingerprint density at radius 1 is 1.00 bits per heavy atom. The second-order valence-electron chi connectivity index (χ2n) is 3.19. The van der Waals surface area contributed by atoms with Crippen LogP contribution in [0.15, 0.2) is 12.1 Å². The van der Waals surface area contributed by atoms with Crippen molar-refractivity contribution in [2.75, 3.05) is 0 Å². The Hall–Kier alpha value is -1.44. The van der Waals surface area contributed by atoms with Crippen molar-refractivity contribution in [2.24, 2.45) is 5.73 Å². The number of benzene rings is 1. The molecule has 1 aromatic rings. The minimum absolute atomic E-state index is 0.178. The second-order valence-corrected chi connectivity index (χ2v) is 3.19. The number of hydrogen-bond acceptors (Lipinski definition) is 2. The van der Waals surface area contributed by atoms with Crippen LogP contribution in [0, 0.1) is 0 Å². The van der Waals surface area contributed by atoms with Gasteiger partial charge in [-0.25, -0.2) is 0 Å². The lowest BCUT2D eigenvalue weighted by Crippen LogP contribution is -2.20. The molecule has 0 heterocycles. The Morgan fingerprint density at radius 2 is 1.53 bits per heavy atom. The van der Waals surface area contributed by atoms with Gasteiger partial charge in [0.15, 0.2) is 0 Å². The Morgan fingerprint density at radius 3 is 1.88 bits per heavy atom. The molecule has 2 nitrogen and oxygen atoms in total. The van der Waals surface area contributed by atoms with E-state index >= 15 is 0 Å². The van der Waals surface area contributed by atoms with Gasteiger partial charge in [-0.1, -0.05) is 0 Å². The van der Waals surface area contributed by atoms with Crippen molar-refractivity contribution in [1.29, 1.82) is 0 Å². The fourth-order valence-electron chi connectivity index (χ4n) is 1.40. The number of nitrogens with two attached hydrogens (primary N) is 1. The lowest BCUT2D eigenvalue weighted by Gasteiger charge is -2.19. The van der Waals surface area contributed by atoms with Crippen LogP contribution in [0.25, 0.3) is 0 Å². The van der Waals surface area contributed by atoms with E-state index in [-0.39, 0.29) is 6.07 Å². The highest BCUT2D eigenvalue weighted by atomic mass is 19.4. The van der Waals surface area contributed by atoms with Gasteiger partial charge in [0.1, 0.15) is 5.75 Å². The van der Waals surface area contributed by atoms with Crippen LogP contribution in [-0.2, 0) is 18.9 Å². The molecular weight excluding hydrogens is 252 g/mol. The van der Waals surface area contributed by atoms with E-state index < -0.39 is 41.3 Å². The van der Waals surface area contributed by atoms with Gasteiger partial charge in [0.25, 0.3) is 0 Å². The van der Waals surface area contributed by atoms with Crippen LogP contribution in [0.1, 0.15) is 16.7 Å². The van der Waals surface area contributed by atoms with Gasteiger partial charge in [0.05, 0.1) is 11.1 Å². The normalized spacial score (nSPS) is 12.9. The van der Waals surface area contributed by atoms with E-state index in [0.29, 0.717) is 6.07 Å². The highest BCUT2D eigenvalue weighted by molar-refractivity contribution is 5.47. The first-order chi connectivity index (χ1) is 7.59. The number of rotatable bonds is 1. The van der Waals surface area contributed by atoms with E-state index in [1.165, 1.54) is 0 Å². The van der Waals surface area contributed by atoms with Gasteiger partial charge in [0, 0.05) is 12.1 Å². The fraction of sp³-hybridized carbons (Fsp3) is 0.333. The molecule has 17 heavy (non-hydrogen) atoms. The summed E-state index contributed by atoms with van der Waals surface area (Å²) in [4.78, 5) is 0. The van der Waals surface area contributed by atoms with Crippen LogP contribution < -0.4 is 5.73 Å². The summed E-state index contributed by atoms with van der Waals surface area (Å²) in [5.41, 5.74) is 0.172. The van der Waals surface area contributed by atoms with Crippen LogP contribution in [0.3, 0.4) is 0 Å². The van der Waals surface area contributed by atoms with Crippen molar-refractivity contribution in [3.63, 3.8) is 0 Å². The quantitative estimate of drug-likeness (QED) is 0.762. The Kier molecular flexibility index (Phi) is 3.28. The highest BCUT2D eigenvalue weighted by Gasteiger charge is 2.45. The molecule has 1 rings (SSSR count). The molecule has 0 aliphatic carbocycles. The van der Waals surface area contributed by atoms with E-state index in [4.69, 9.17) is 10.8 Å². The second kappa shape index (κ2) is 4.10. The summed E-state index contributed by atoms with van der Waals surface area (Å²) in [5, 5.41) is 9.10. The van der Waals surface area contributed by atoms with Crippen molar-refractivity contribution in [3.05, 3.63) is 28.8 Å². The molecule has 0 atom stereocenters. The third-order valence-corrected chi connectivity index (χ3v) is 2.08. The first-order valence-corrected chi connectivity index (χ1v) is 4.28. The van der Waals surface area contributed by atoms with Gasteiger partial charge in [-0.05, 0) is 12.1 Å². The number of phenolic OH excluding ortho intramolecular Hbond substituents is 1. The van der Waals surface area contributed by atoms with Gasteiger partial charge < -0.3 is 10.8 Å². The molecule has 1 aromatic carbocycles. The Bertz CT molecular complexity index is 423. The van der Waals surface area contributed by atoms with Gasteiger partial charge in [-0.2, -0.15) is 26.3 Å². The minimum atomic E-state index is -5.24. The summed E-state index contributed by atoms with van der Waals surface area (Å²) < 4.78 is 74.8. The minimum Gasteiger partial charge on any atom is -0.508 e. The lowest BCUT2D eigenvalue weighted by atomic mass is 9.99. The van der Waals surface area contributed by atoms with Gasteiger partial charge in [-0.3, -0.25) is 0 Å². The zero-order chi connectivity index (χ0) is 13.4. The molecule has 0 bridgehead atoms. The van der Waals surface area contributed by atoms with Crippen molar-refractivity contribution in [3.8, 4) is 5.75 Å². The fourth-order valence-corrected chi connectivity index (χ4v) is 1.40. The molecule has 3 N–H and O–H groups in total. The molecule has 0 radical (unpaired) electrons. The predicted octanol–water partition coefficient (Wildman–Crippen LogP) is 2.89. The van der Waals surface area contributed by atoms with Gasteiger partial charge >= 0.3 is 12.4 Å². The van der Waals surface area contributed by atoms with Gasteiger partial charge in [0.2, 0.25) is 0 Å². The Balaban J connectivity index is 3.64. The van der Waals surface area contributed by atoms with Crippen LogP contribution in [-0.4, -0.2) is 5.11 Å². The summed E-state index contributed by atoms with van der Waals surface area (Å²) >= 11 is 0. The number of phenols is 1. The largest absolute Gasteiger partial charge is 0.508 e. The third kappa shape index (κ3) is 2.63. The third-order valence-electron chi connectivity index (χ3n) is 2.08. The summed E-state index contributed by atoms with van der Waals surface area (Å²) in [6.07, 6.45) is -10.4. The maximum atomic E-state index is 12.5. The molecule has 0 unspecified atom stereocenters. The van der Waals surface area contributed by atoms with Crippen molar-refractivity contribution >= 4 is 0 Å². The zero-order valence-electron chi connectivity index (χ0n) is 8.15. The van der Waals surface area contributed by atoms with Crippen LogP contribution in [0.2, 0.25) is 0 Å². The van der Waals surface area contributed by atoms with Crippen LogP contribution in [0.4, 0.5) is 26.3 Å². The number of aromatic hydroxyl groups is 1. The van der Waals surface area contributed by atoms with E-state index in [9.17, 15) is 26.3 Å². The number of hydrogen-bond donors (Lipinski definition) is 2. The summed E-state index contributed by atoms with van der Waals surface area (Å²) in [7, 11) is 0.